The molecule has 0 atom stereocenters. The van der Waals surface area contributed by atoms with Crippen LogP contribution in [0.5, 0.6) is 5.75 Å². The maximum atomic E-state index is 12.3. The summed E-state index contributed by atoms with van der Waals surface area (Å²) in [5.74, 6) is 0.766. The Morgan fingerprint density at radius 3 is 2.68 bits per heavy atom. The molecule has 0 N–H and O–H groups in total. The highest BCUT2D eigenvalue weighted by Gasteiger charge is 2.54. The number of carbonyl (C=O) groups excluding carboxylic acids is 1. The molecule has 1 saturated heterocycles. The third kappa shape index (κ3) is 2.98. The van der Waals surface area contributed by atoms with E-state index >= 15 is 0 Å². The maximum Gasteiger partial charge on any atom is 0.257 e. The van der Waals surface area contributed by atoms with Crippen molar-refractivity contribution in [2.45, 2.75) is 18.9 Å². The van der Waals surface area contributed by atoms with Crippen molar-refractivity contribution in [3.63, 3.8) is 0 Å². The van der Waals surface area contributed by atoms with Gasteiger partial charge in [-0.05, 0) is 25.0 Å². The largest absolute Gasteiger partial charge is 0.490 e. The molecule has 0 bridgehead atoms. The Labute approximate surface area is 153 Å². The molecule has 1 aliphatic heterocycles. The Balaban J connectivity index is 1.30. The van der Waals surface area contributed by atoms with Gasteiger partial charge >= 0.3 is 0 Å². The van der Waals surface area contributed by atoms with Gasteiger partial charge in [-0.15, -0.1) is 0 Å². The smallest absolute Gasteiger partial charge is 0.257 e. The first kappa shape index (κ1) is 16.0. The van der Waals surface area contributed by atoms with Gasteiger partial charge in [0, 0.05) is 35.4 Å². The summed E-state index contributed by atoms with van der Waals surface area (Å²) in [6, 6.07) is 5.42. The first-order chi connectivity index (χ1) is 12.1. The van der Waals surface area contributed by atoms with E-state index in [1.165, 1.54) is 6.33 Å². The van der Waals surface area contributed by atoms with Gasteiger partial charge in [0.1, 0.15) is 18.2 Å². The van der Waals surface area contributed by atoms with Crippen molar-refractivity contribution < 1.29 is 9.53 Å². The number of rotatable bonds is 3. The van der Waals surface area contributed by atoms with Crippen LogP contribution in [0.2, 0.25) is 0 Å². The van der Waals surface area contributed by atoms with E-state index in [2.05, 4.69) is 30.7 Å². The number of hydrogen-bond donors (Lipinski definition) is 0. The highest BCUT2D eigenvalue weighted by Crippen LogP contribution is 2.50. The molecule has 2 fully saturated rings. The number of ether oxygens (including phenoxy) is 1. The lowest BCUT2D eigenvalue weighted by atomic mass is 9.61. The standard InChI is InChI=1S/C18H15BrN4O2/c1-20-16-3-2-13(4-15(16)19)25-14-5-18(6-14)9-23(10-18)17(24)12-7-21-11-22-8-12/h2-4,7-8,11,14H,5-6,9-10H2. The molecular weight excluding hydrogens is 384 g/mol. The van der Waals surface area contributed by atoms with Gasteiger partial charge in [0.15, 0.2) is 0 Å². The number of hydrogen-bond acceptors (Lipinski definition) is 4. The Kier molecular flexibility index (Phi) is 3.92. The van der Waals surface area contributed by atoms with Crippen LogP contribution in [0.25, 0.3) is 4.85 Å². The molecule has 6 nitrogen and oxygen atoms in total. The van der Waals surface area contributed by atoms with Gasteiger partial charge in [-0.2, -0.15) is 0 Å². The van der Waals surface area contributed by atoms with Crippen molar-refractivity contribution in [2.75, 3.05) is 13.1 Å². The van der Waals surface area contributed by atoms with Crippen molar-refractivity contribution in [3.05, 3.63) is 58.4 Å². The monoisotopic (exact) mass is 398 g/mol. The van der Waals surface area contributed by atoms with Crippen molar-refractivity contribution in [2.24, 2.45) is 5.41 Å². The molecule has 126 valence electrons. The van der Waals surface area contributed by atoms with Crippen molar-refractivity contribution in [1.82, 2.24) is 14.9 Å². The summed E-state index contributed by atoms with van der Waals surface area (Å²) in [4.78, 5) is 25.4. The van der Waals surface area contributed by atoms with E-state index in [1.807, 2.05) is 17.0 Å². The quantitative estimate of drug-likeness (QED) is 0.742. The second-order valence-electron chi connectivity index (χ2n) is 6.66. The first-order valence-electron chi connectivity index (χ1n) is 7.97. The number of benzene rings is 1. The van der Waals surface area contributed by atoms with E-state index in [1.54, 1.807) is 18.5 Å². The number of amides is 1. The van der Waals surface area contributed by atoms with Gasteiger partial charge in [-0.25, -0.2) is 14.8 Å². The van der Waals surface area contributed by atoms with Crippen LogP contribution in [-0.4, -0.2) is 40.0 Å². The second kappa shape index (κ2) is 6.12. The fraction of sp³-hybridized carbons (Fsp3) is 0.333. The van der Waals surface area contributed by atoms with Gasteiger partial charge in [0.2, 0.25) is 5.69 Å². The van der Waals surface area contributed by atoms with Gasteiger partial charge in [-0.1, -0.05) is 22.0 Å². The summed E-state index contributed by atoms with van der Waals surface area (Å²) in [7, 11) is 0. The van der Waals surface area contributed by atoms with E-state index in [4.69, 9.17) is 11.3 Å². The van der Waals surface area contributed by atoms with E-state index in [-0.39, 0.29) is 17.4 Å². The third-order valence-electron chi connectivity index (χ3n) is 4.81. The lowest BCUT2D eigenvalue weighted by Crippen LogP contribution is -2.65. The van der Waals surface area contributed by atoms with Crippen molar-refractivity contribution in [3.8, 4) is 5.75 Å². The van der Waals surface area contributed by atoms with Crippen LogP contribution in [0.1, 0.15) is 23.2 Å². The zero-order valence-corrected chi connectivity index (χ0v) is 14.9. The molecule has 2 aliphatic rings. The lowest BCUT2D eigenvalue weighted by molar-refractivity contribution is -0.103. The van der Waals surface area contributed by atoms with Crippen LogP contribution in [-0.2, 0) is 0 Å². The molecule has 25 heavy (non-hydrogen) atoms. The van der Waals surface area contributed by atoms with E-state index in [0.717, 1.165) is 36.2 Å². The number of likely N-dealkylation sites (tertiary alicyclic amines) is 1. The van der Waals surface area contributed by atoms with E-state index < -0.39 is 0 Å². The summed E-state index contributed by atoms with van der Waals surface area (Å²) in [6.07, 6.45) is 6.60. The van der Waals surface area contributed by atoms with Crippen LogP contribution < -0.4 is 4.74 Å². The summed E-state index contributed by atoms with van der Waals surface area (Å²) in [5.41, 5.74) is 1.31. The molecule has 1 saturated carbocycles. The molecule has 2 aromatic rings. The van der Waals surface area contributed by atoms with Crippen molar-refractivity contribution >= 4 is 27.5 Å². The van der Waals surface area contributed by atoms with E-state index in [0.29, 0.717) is 11.3 Å². The van der Waals surface area contributed by atoms with Crippen molar-refractivity contribution in [1.29, 1.82) is 0 Å². The second-order valence-corrected chi connectivity index (χ2v) is 7.52. The number of carbonyl (C=O) groups is 1. The lowest BCUT2D eigenvalue weighted by Gasteiger charge is -2.58. The summed E-state index contributed by atoms with van der Waals surface area (Å²) >= 11 is 3.38. The molecule has 7 heteroatoms. The zero-order valence-electron chi connectivity index (χ0n) is 13.4. The third-order valence-corrected chi connectivity index (χ3v) is 5.45. The molecule has 4 rings (SSSR count). The molecule has 0 radical (unpaired) electrons. The SMILES string of the molecule is [C-]#[N+]c1ccc(OC2CC3(C2)CN(C(=O)c2cncnc2)C3)cc1Br. The minimum Gasteiger partial charge on any atom is -0.490 e. The Morgan fingerprint density at radius 1 is 1.32 bits per heavy atom. The average molecular weight is 399 g/mol. The van der Waals surface area contributed by atoms with Gasteiger partial charge in [0.25, 0.3) is 5.91 Å². The predicted molar refractivity (Wildman–Crippen MR) is 94.4 cm³/mol. The van der Waals surface area contributed by atoms with Crippen LogP contribution in [0.4, 0.5) is 5.69 Å². The Bertz CT molecular complexity index is 851. The number of halogens is 1. The molecule has 1 amide bonds. The highest BCUT2D eigenvalue weighted by atomic mass is 79.9. The molecule has 1 aromatic carbocycles. The average Bonchev–Trinajstić information content (AvgIpc) is 2.56. The number of nitrogens with zero attached hydrogens (tertiary/aromatic N) is 4. The summed E-state index contributed by atoms with van der Waals surface area (Å²) in [6.45, 7) is 8.59. The Morgan fingerprint density at radius 2 is 2.04 bits per heavy atom. The maximum absolute atomic E-state index is 12.3. The van der Waals surface area contributed by atoms with Gasteiger partial charge in [-0.3, -0.25) is 4.79 Å². The minimum atomic E-state index is -0.00532. The minimum absolute atomic E-state index is 0.00532. The summed E-state index contributed by atoms with van der Waals surface area (Å²) in [5, 5.41) is 0. The van der Waals surface area contributed by atoms with E-state index in [9.17, 15) is 4.79 Å². The molecule has 1 aliphatic carbocycles. The van der Waals surface area contributed by atoms with Gasteiger partial charge < -0.3 is 9.64 Å². The zero-order chi connectivity index (χ0) is 17.4. The molecule has 2 heterocycles. The molecule has 1 spiro atoms. The predicted octanol–water partition coefficient (Wildman–Crippen LogP) is 3.47. The van der Waals surface area contributed by atoms with Crippen LogP contribution in [0, 0.1) is 12.0 Å². The first-order valence-corrected chi connectivity index (χ1v) is 8.76. The fourth-order valence-corrected chi connectivity index (χ4v) is 4.04. The van der Waals surface area contributed by atoms with Crippen LogP contribution >= 0.6 is 15.9 Å². The van der Waals surface area contributed by atoms with Crippen LogP contribution in [0.15, 0.2) is 41.4 Å². The normalized spacial score (nSPS) is 18.2. The topological polar surface area (TPSA) is 59.7 Å². The summed E-state index contributed by atoms with van der Waals surface area (Å²) < 4.78 is 6.74. The highest BCUT2D eigenvalue weighted by molar-refractivity contribution is 9.10. The molecule has 0 unspecified atom stereocenters. The molecule has 1 aromatic heterocycles. The fourth-order valence-electron chi connectivity index (χ4n) is 3.59. The Hall–Kier alpha value is -2.46. The van der Waals surface area contributed by atoms with Gasteiger partial charge in [0.05, 0.1) is 12.1 Å². The molecular formula is C18H15BrN4O2. The van der Waals surface area contributed by atoms with Crippen LogP contribution in [0.3, 0.4) is 0 Å². The number of aromatic nitrogens is 2.